The first-order valence-electron chi connectivity index (χ1n) is 10.6. The van der Waals surface area contributed by atoms with Gasteiger partial charge in [-0.1, -0.05) is 53.0 Å². The molecule has 1 fully saturated rings. The molecule has 1 aliphatic rings. The number of nitrogens with zero attached hydrogens (tertiary/aromatic N) is 2. The summed E-state index contributed by atoms with van der Waals surface area (Å²) >= 11 is 12.0. The van der Waals surface area contributed by atoms with E-state index in [1.165, 1.54) is 24.3 Å². The highest BCUT2D eigenvalue weighted by Crippen LogP contribution is 2.30. The van der Waals surface area contributed by atoms with Gasteiger partial charge in [-0.3, -0.25) is 9.59 Å². The Hall–Kier alpha value is -2.71. The zero-order chi connectivity index (χ0) is 24.5. The van der Waals surface area contributed by atoms with Crippen LogP contribution >= 0.6 is 23.2 Å². The summed E-state index contributed by atoms with van der Waals surface area (Å²) in [6, 6.07) is 18.6. The van der Waals surface area contributed by atoms with Gasteiger partial charge in [-0.2, -0.15) is 4.31 Å². The summed E-state index contributed by atoms with van der Waals surface area (Å²) in [5, 5.41) is 0.921. The summed E-state index contributed by atoms with van der Waals surface area (Å²) in [5.41, 5.74) is 2.21. The van der Waals surface area contributed by atoms with Gasteiger partial charge in [0.2, 0.25) is 15.9 Å². The Morgan fingerprint density at radius 1 is 0.941 bits per heavy atom. The average molecular weight is 517 g/mol. The van der Waals surface area contributed by atoms with Crippen LogP contribution in [0, 0.1) is 6.92 Å². The normalized spacial score (nSPS) is 16.5. The largest absolute Gasteiger partial charge is 0.274 e. The number of hydrogen-bond acceptors (Lipinski definition) is 4. The lowest BCUT2D eigenvalue weighted by Crippen LogP contribution is -2.46. The molecule has 0 N–H and O–H groups in total. The molecular weight excluding hydrogens is 495 g/mol. The van der Waals surface area contributed by atoms with E-state index in [9.17, 15) is 18.0 Å². The Morgan fingerprint density at radius 2 is 1.62 bits per heavy atom. The minimum atomic E-state index is -4.11. The maximum Gasteiger partial charge on any atom is 0.252 e. The number of amides is 2. The Labute approximate surface area is 208 Å². The number of carbonyl (C=O) groups is 2. The van der Waals surface area contributed by atoms with E-state index in [1.54, 1.807) is 42.5 Å². The number of benzene rings is 3. The Balaban J connectivity index is 1.69. The molecule has 1 aliphatic heterocycles. The number of rotatable bonds is 7. The zero-order valence-corrected chi connectivity index (χ0v) is 20.6. The lowest BCUT2D eigenvalue weighted by molar-refractivity contribution is -0.122. The molecule has 1 heterocycles. The zero-order valence-electron chi connectivity index (χ0n) is 18.3. The predicted octanol–water partition coefficient (Wildman–Crippen LogP) is 4.87. The van der Waals surface area contributed by atoms with E-state index >= 15 is 0 Å². The quantitative estimate of drug-likeness (QED) is 0.420. The third-order valence-corrected chi connectivity index (χ3v) is 8.10. The molecule has 3 aromatic rings. The first kappa shape index (κ1) is 24.4. The minimum Gasteiger partial charge on any atom is -0.274 e. The van der Waals surface area contributed by atoms with Gasteiger partial charge in [0.15, 0.2) is 0 Å². The fraction of sp³-hybridized carbons (Fsp3) is 0.200. The molecule has 3 aromatic carbocycles. The molecule has 1 saturated heterocycles. The second-order valence-electron chi connectivity index (χ2n) is 8.07. The number of aryl methyl sites for hydroxylation is 1. The van der Waals surface area contributed by atoms with Gasteiger partial charge in [0.05, 0.1) is 17.0 Å². The van der Waals surface area contributed by atoms with Gasteiger partial charge in [-0.05, 0) is 67.4 Å². The molecule has 6 nitrogen and oxygen atoms in total. The maximum absolute atomic E-state index is 13.6. The molecule has 1 unspecified atom stereocenters. The van der Waals surface area contributed by atoms with E-state index in [2.05, 4.69) is 0 Å². The van der Waals surface area contributed by atoms with E-state index in [-0.39, 0.29) is 17.9 Å². The molecule has 0 spiro atoms. The molecule has 2 amide bonds. The monoisotopic (exact) mass is 516 g/mol. The standard InChI is InChI=1S/C25H22Cl2N2O4S/c1-17-5-9-21(10-6-17)29-24(30)16-23(25(29)31)28(14-13-18-3-2-4-20(27)15-18)34(32,33)22-11-7-19(26)8-12-22/h2-12,15,23H,13-14,16H2,1H3. The third kappa shape index (κ3) is 5.03. The molecule has 0 bridgehead atoms. The van der Waals surface area contributed by atoms with Crippen LogP contribution in [0.5, 0.6) is 0 Å². The van der Waals surface area contributed by atoms with E-state index in [4.69, 9.17) is 23.2 Å². The predicted molar refractivity (Wildman–Crippen MR) is 133 cm³/mol. The lowest BCUT2D eigenvalue weighted by atomic mass is 10.1. The van der Waals surface area contributed by atoms with Gasteiger partial charge in [0.25, 0.3) is 5.91 Å². The summed E-state index contributed by atoms with van der Waals surface area (Å²) in [4.78, 5) is 27.3. The molecule has 4 rings (SSSR count). The summed E-state index contributed by atoms with van der Waals surface area (Å²) in [7, 11) is -4.11. The smallest absolute Gasteiger partial charge is 0.252 e. The van der Waals surface area contributed by atoms with Crippen molar-refractivity contribution in [1.29, 1.82) is 0 Å². The van der Waals surface area contributed by atoms with Crippen LogP contribution in [0.1, 0.15) is 17.5 Å². The van der Waals surface area contributed by atoms with Crippen molar-refractivity contribution in [3.05, 3.63) is 94.0 Å². The molecule has 9 heteroatoms. The van der Waals surface area contributed by atoms with Gasteiger partial charge >= 0.3 is 0 Å². The van der Waals surface area contributed by atoms with Crippen LogP contribution in [0.15, 0.2) is 77.7 Å². The van der Waals surface area contributed by atoms with Crippen LogP contribution < -0.4 is 4.90 Å². The van der Waals surface area contributed by atoms with Crippen molar-refractivity contribution in [2.75, 3.05) is 11.4 Å². The number of anilines is 1. The number of hydrogen-bond donors (Lipinski definition) is 0. The van der Waals surface area contributed by atoms with Crippen molar-refractivity contribution in [2.45, 2.75) is 30.7 Å². The van der Waals surface area contributed by atoms with Gasteiger partial charge in [0.1, 0.15) is 6.04 Å². The number of imide groups is 1. The lowest BCUT2D eigenvalue weighted by Gasteiger charge is -2.27. The Bertz CT molecular complexity index is 1330. The number of sulfonamides is 1. The average Bonchev–Trinajstić information content (AvgIpc) is 3.08. The Morgan fingerprint density at radius 3 is 2.26 bits per heavy atom. The van der Waals surface area contributed by atoms with Crippen molar-refractivity contribution in [3.8, 4) is 0 Å². The number of carbonyl (C=O) groups excluding carboxylic acids is 2. The van der Waals surface area contributed by atoms with Gasteiger partial charge in [-0.15, -0.1) is 0 Å². The van der Waals surface area contributed by atoms with Gasteiger partial charge in [0, 0.05) is 16.6 Å². The fourth-order valence-corrected chi connectivity index (χ4v) is 5.84. The summed E-state index contributed by atoms with van der Waals surface area (Å²) in [6.45, 7) is 1.90. The maximum atomic E-state index is 13.6. The summed E-state index contributed by atoms with van der Waals surface area (Å²) in [6.07, 6.45) is 0.0744. The Kier molecular flexibility index (Phi) is 7.09. The van der Waals surface area contributed by atoms with Crippen molar-refractivity contribution < 1.29 is 18.0 Å². The first-order chi connectivity index (χ1) is 16.2. The van der Waals surface area contributed by atoms with Crippen molar-refractivity contribution in [1.82, 2.24) is 4.31 Å². The van der Waals surface area contributed by atoms with Crippen LogP contribution in [0.25, 0.3) is 0 Å². The molecule has 34 heavy (non-hydrogen) atoms. The second-order valence-corrected chi connectivity index (χ2v) is 10.8. The van der Waals surface area contributed by atoms with Crippen LogP contribution in [0.3, 0.4) is 0 Å². The van der Waals surface area contributed by atoms with Crippen molar-refractivity contribution >= 4 is 50.7 Å². The topological polar surface area (TPSA) is 74.8 Å². The highest BCUT2D eigenvalue weighted by molar-refractivity contribution is 7.89. The van der Waals surface area contributed by atoms with E-state index in [0.29, 0.717) is 22.2 Å². The molecular formula is C25H22Cl2N2O4S. The molecule has 176 valence electrons. The summed E-state index contributed by atoms with van der Waals surface area (Å²) < 4.78 is 28.4. The van der Waals surface area contributed by atoms with Crippen LogP contribution in [0.4, 0.5) is 5.69 Å². The SMILES string of the molecule is Cc1ccc(N2C(=O)CC(N(CCc3cccc(Cl)c3)S(=O)(=O)c3ccc(Cl)cc3)C2=O)cc1. The van der Waals surface area contributed by atoms with Crippen molar-refractivity contribution in [2.24, 2.45) is 0 Å². The van der Waals surface area contributed by atoms with E-state index < -0.39 is 27.9 Å². The van der Waals surface area contributed by atoms with Crippen LogP contribution in [-0.4, -0.2) is 37.1 Å². The first-order valence-corrected chi connectivity index (χ1v) is 12.8. The summed E-state index contributed by atoms with van der Waals surface area (Å²) in [5.74, 6) is -1.02. The van der Waals surface area contributed by atoms with Gasteiger partial charge < -0.3 is 0 Å². The minimum absolute atomic E-state index is 0.00275. The number of halogens is 2. The highest BCUT2D eigenvalue weighted by atomic mass is 35.5. The molecule has 1 atom stereocenters. The van der Waals surface area contributed by atoms with E-state index in [0.717, 1.165) is 20.3 Å². The fourth-order valence-electron chi connectivity index (χ4n) is 3.92. The molecule has 0 radical (unpaired) electrons. The second kappa shape index (κ2) is 9.88. The highest BCUT2D eigenvalue weighted by Gasteiger charge is 2.46. The van der Waals surface area contributed by atoms with Crippen molar-refractivity contribution in [3.63, 3.8) is 0 Å². The van der Waals surface area contributed by atoms with Crippen LogP contribution in [-0.2, 0) is 26.0 Å². The molecule has 0 aromatic heterocycles. The van der Waals surface area contributed by atoms with Crippen LogP contribution in [0.2, 0.25) is 10.0 Å². The third-order valence-electron chi connectivity index (χ3n) is 5.69. The molecule has 0 aliphatic carbocycles. The van der Waals surface area contributed by atoms with Gasteiger partial charge in [-0.25, -0.2) is 13.3 Å². The molecule has 0 saturated carbocycles. The van der Waals surface area contributed by atoms with E-state index in [1.807, 2.05) is 13.0 Å².